The molecule has 3 amide bonds. The highest BCUT2D eigenvalue weighted by Gasteiger charge is 2.21. The molecule has 6 N–H and O–H groups in total. The molecule has 1 unspecified atom stereocenters. The van der Waals surface area contributed by atoms with Gasteiger partial charge in [0.2, 0.25) is 17.7 Å². The van der Waals surface area contributed by atoms with E-state index >= 15 is 0 Å². The van der Waals surface area contributed by atoms with Crippen LogP contribution in [-0.4, -0.2) is 80.9 Å². The predicted molar refractivity (Wildman–Crippen MR) is 121 cm³/mol. The van der Waals surface area contributed by atoms with Crippen LogP contribution in [0.5, 0.6) is 0 Å². The van der Waals surface area contributed by atoms with Crippen molar-refractivity contribution in [1.82, 2.24) is 21.3 Å². The van der Waals surface area contributed by atoms with Crippen LogP contribution in [0.3, 0.4) is 0 Å². The summed E-state index contributed by atoms with van der Waals surface area (Å²) in [5.41, 5.74) is 5.21. The summed E-state index contributed by atoms with van der Waals surface area (Å²) in [5, 5.41) is 11.8. The number of amides is 3. The minimum atomic E-state index is -0.435. The summed E-state index contributed by atoms with van der Waals surface area (Å²) >= 11 is 0. The molecule has 0 aromatic carbocycles. The van der Waals surface area contributed by atoms with E-state index in [-0.39, 0.29) is 42.7 Å². The zero-order valence-electron chi connectivity index (χ0n) is 20.1. The average molecular weight is 446 g/mol. The molecule has 0 heterocycles. The molecule has 31 heavy (non-hydrogen) atoms. The third-order valence-electron chi connectivity index (χ3n) is 3.88. The summed E-state index contributed by atoms with van der Waals surface area (Å²) in [4.78, 5) is 34.9. The molecule has 0 aromatic heterocycles. The van der Waals surface area contributed by atoms with Crippen molar-refractivity contribution in [3.63, 3.8) is 0 Å². The van der Waals surface area contributed by atoms with Crippen LogP contribution in [0.2, 0.25) is 0 Å². The van der Waals surface area contributed by atoms with Gasteiger partial charge in [-0.1, -0.05) is 0 Å². The molecule has 182 valence electrons. The van der Waals surface area contributed by atoms with Crippen LogP contribution in [0.25, 0.3) is 0 Å². The van der Waals surface area contributed by atoms with Crippen molar-refractivity contribution in [2.45, 2.75) is 71.5 Å². The van der Waals surface area contributed by atoms with Crippen LogP contribution in [0.1, 0.15) is 54.4 Å². The lowest BCUT2D eigenvalue weighted by molar-refractivity contribution is -0.126. The summed E-state index contributed by atoms with van der Waals surface area (Å²) < 4.78 is 10.5. The van der Waals surface area contributed by atoms with E-state index in [1.165, 1.54) is 0 Å². The Morgan fingerprint density at radius 1 is 0.806 bits per heavy atom. The SMILES string of the molecule is CC(C)(C)NCCOCC(=O)NCCOCC(=O)NCCCC(NC(C)(C)C)C(N)=O. The first-order chi connectivity index (χ1) is 14.3. The number of nitrogens with one attached hydrogen (secondary N) is 4. The van der Waals surface area contributed by atoms with E-state index in [1.807, 2.05) is 20.8 Å². The first kappa shape index (κ1) is 29.2. The fraction of sp³-hybridized carbons (Fsp3) is 0.857. The van der Waals surface area contributed by atoms with Gasteiger partial charge < -0.3 is 36.5 Å². The van der Waals surface area contributed by atoms with Gasteiger partial charge in [-0.25, -0.2) is 0 Å². The number of hydrogen-bond acceptors (Lipinski definition) is 7. The van der Waals surface area contributed by atoms with Crippen LogP contribution in [-0.2, 0) is 23.9 Å². The molecule has 0 aliphatic heterocycles. The molecule has 0 saturated heterocycles. The van der Waals surface area contributed by atoms with Gasteiger partial charge in [-0.15, -0.1) is 0 Å². The second-order valence-electron chi connectivity index (χ2n) is 9.47. The third-order valence-corrected chi connectivity index (χ3v) is 3.88. The Hall–Kier alpha value is -1.75. The van der Waals surface area contributed by atoms with Crippen molar-refractivity contribution in [2.24, 2.45) is 5.73 Å². The maximum atomic E-state index is 11.8. The van der Waals surface area contributed by atoms with Gasteiger partial charge >= 0.3 is 0 Å². The molecule has 10 heteroatoms. The van der Waals surface area contributed by atoms with Crippen molar-refractivity contribution in [1.29, 1.82) is 0 Å². The molecular weight excluding hydrogens is 402 g/mol. The average Bonchev–Trinajstić information content (AvgIpc) is 2.61. The van der Waals surface area contributed by atoms with Gasteiger partial charge in [-0.05, 0) is 54.4 Å². The van der Waals surface area contributed by atoms with Gasteiger partial charge in [-0.2, -0.15) is 0 Å². The largest absolute Gasteiger partial charge is 0.370 e. The van der Waals surface area contributed by atoms with Crippen molar-refractivity contribution in [3.05, 3.63) is 0 Å². The van der Waals surface area contributed by atoms with Gasteiger partial charge in [0.1, 0.15) is 13.2 Å². The molecule has 0 rings (SSSR count). The van der Waals surface area contributed by atoms with Crippen molar-refractivity contribution < 1.29 is 23.9 Å². The second-order valence-corrected chi connectivity index (χ2v) is 9.47. The normalized spacial score (nSPS) is 13.0. The molecule has 0 saturated carbocycles. The summed E-state index contributed by atoms with van der Waals surface area (Å²) in [6, 6.07) is -0.435. The maximum Gasteiger partial charge on any atom is 0.246 e. The van der Waals surface area contributed by atoms with E-state index < -0.39 is 11.9 Å². The molecule has 0 fully saturated rings. The van der Waals surface area contributed by atoms with Gasteiger partial charge in [0.25, 0.3) is 0 Å². The molecule has 0 bridgehead atoms. The Balaban J connectivity index is 3.69. The van der Waals surface area contributed by atoms with Crippen LogP contribution in [0.15, 0.2) is 0 Å². The Bertz CT molecular complexity index is 543. The summed E-state index contributed by atoms with van der Waals surface area (Å²) in [6.07, 6.45) is 1.15. The maximum absolute atomic E-state index is 11.8. The molecule has 0 spiro atoms. The molecule has 1 atom stereocenters. The number of nitrogens with two attached hydrogens (primary N) is 1. The number of ether oxygens (including phenoxy) is 2. The molecular formula is C21H43N5O5. The standard InChI is InChI=1S/C21H43N5O5/c1-20(2,3)25-11-13-31-15-18(28)24-10-12-30-14-17(27)23-9-7-8-16(19(22)29)26-21(4,5)6/h16,25-26H,7-15H2,1-6H3,(H2,22,29)(H,23,27)(H,24,28). The zero-order chi connectivity index (χ0) is 23.9. The third kappa shape index (κ3) is 19.9. The Morgan fingerprint density at radius 2 is 1.32 bits per heavy atom. The monoisotopic (exact) mass is 445 g/mol. The second kappa shape index (κ2) is 15.1. The zero-order valence-corrected chi connectivity index (χ0v) is 20.1. The quantitative estimate of drug-likeness (QED) is 0.205. The number of rotatable bonds is 16. The Morgan fingerprint density at radius 3 is 1.81 bits per heavy atom. The van der Waals surface area contributed by atoms with Crippen LogP contribution < -0.4 is 27.0 Å². The molecule has 0 radical (unpaired) electrons. The van der Waals surface area contributed by atoms with E-state index in [0.29, 0.717) is 39.1 Å². The first-order valence-electron chi connectivity index (χ1n) is 10.8. The van der Waals surface area contributed by atoms with E-state index in [9.17, 15) is 14.4 Å². The van der Waals surface area contributed by atoms with Crippen molar-refractivity contribution in [3.8, 4) is 0 Å². The van der Waals surface area contributed by atoms with Crippen molar-refractivity contribution in [2.75, 3.05) is 46.1 Å². The summed E-state index contributed by atoms with van der Waals surface area (Å²) in [6.45, 7) is 14.0. The van der Waals surface area contributed by atoms with E-state index in [0.717, 1.165) is 0 Å². The highest BCUT2D eigenvalue weighted by atomic mass is 16.5. The number of carbonyl (C=O) groups excluding carboxylic acids is 3. The van der Waals surface area contributed by atoms with Gasteiger partial charge in [0, 0.05) is 30.7 Å². The fourth-order valence-electron chi connectivity index (χ4n) is 2.53. The first-order valence-corrected chi connectivity index (χ1v) is 10.8. The highest BCUT2D eigenvalue weighted by molar-refractivity contribution is 5.80. The number of carbonyl (C=O) groups is 3. The van der Waals surface area contributed by atoms with E-state index in [1.54, 1.807) is 0 Å². The molecule has 0 aliphatic carbocycles. The van der Waals surface area contributed by atoms with Gasteiger partial charge in [0.05, 0.1) is 19.3 Å². The van der Waals surface area contributed by atoms with Crippen LogP contribution in [0.4, 0.5) is 0 Å². The lowest BCUT2D eigenvalue weighted by atomic mass is 10.0. The lowest BCUT2D eigenvalue weighted by Crippen LogP contribution is -2.50. The molecule has 0 aliphatic rings. The molecule has 0 aromatic rings. The van der Waals surface area contributed by atoms with Gasteiger partial charge in [0.15, 0.2) is 0 Å². The number of hydrogen-bond donors (Lipinski definition) is 5. The van der Waals surface area contributed by atoms with Gasteiger partial charge in [-0.3, -0.25) is 14.4 Å². The lowest BCUT2D eigenvalue weighted by Gasteiger charge is -2.26. The van der Waals surface area contributed by atoms with Crippen LogP contribution in [0, 0.1) is 0 Å². The smallest absolute Gasteiger partial charge is 0.246 e. The highest BCUT2D eigenvalue weighted by Crippen LogP contribution is 2.05. The van der Waals surface area contributed by atoms with Crippen LogP contribution >= 0.6 is 0 Å². The minimum Gasteiger partial charge on any atom is -0.370 e. The van der Waals surface area contributed by atoms with E-state index in [4.69, 9.17) is 15.2 Å². The summed E-state index contributed by atoms with van der Waals surface area (Å²) in [7, 11) is 0. The Kier molecular flexibility index (Phi) is 14.3. The fourth-order valence-corrected chi connectivity index (χ4v) is 2.53. The molecule has 10 nitrogen and oxygen atoms in total. The van der Waals surface area contributed by atoms with E-state index in [2.05, 4.69) is 42.0 Å². The Labute approximate surface area is 186 Å². The number of primary amides is 1. The summed E-state index contributed by atoms with van der Waals surface area (Å²) in [5.74, 6) is -0.879. The topological polar surface area (TPSA) is 144 Å². The van der Waals surface area contributed by atoms with Crippen molar-refractivity contribution >= 4 is 17.7 Å². The predicted octanol–water partition coefficient (Wildman–Crippen LogP) is -0.338. The minimum absolute atomic E-state index is 0.0112.